The Balaban J connectivity index is 1.39. The van der Waals surface area contributed by atoms with Crippen LogP contribution in [-0.4, -0.2) is 30.6 Å². The molecule has 5 aromatic rings. The number of carbonyl (C=O) groups is 1. The maximum atomic E-state index is 11.6. The Morgan fingerprint density at radius 3 is 2.69 bits per heavy atom. The van der Waals surface area contributed by atoms with Gasteiger partial charge in [0.05, 0.1) is 27.6 Å². The van der Waals surface area contributed by atoms with Crippen LogP contribution in [0.25, 0.3) is 27.5 Å². The van der Waals surface area contributed by atoms with Crippen molar-refractivity contribution >= 4 is 40.0 Å². The number of nitrogens with one attached hydrogen (secondary N) is 2. The first-order chi connectivity index (χ1) is 17.7. The SMILES string of the molecule is CC(=O)Nc1nc2c(s1)-c1c(c(-c3cccnc3)nn1-c1ccc(NSc3ccccn3)cc1)CC2. The molecule has 0 saturated carbocycles. The molecule has 0 fully saturated rings. The molecule has 8 nitrogen and oxygen atoms in total. The molecular weight excluding hydrogens is 490 g/mol. The van der Waals surface area contributed by atoms with Gasteiger partial charge in [-0.15, -0.1) is 0 Å². The summed E-state index contributed by atoms with van der Waals surface area (Å²) in [6, 6.07) is 17.9. The molecule has 6 rings (SSSR count). The maximum Gasteiger partial charge on any atom is 0.223 e. The van der Waals surface area contributed by atoms with E-state index in [0.29, 0.717) is 5.13 Å². The molecule has 0 unspecified atom stereocenters. The number of amides is 1. The van der Waals surface area contributed by atoms with E-state index >= 15 is 0 Å². The third-order valence-electron chi connectivity index (χ3n) is 5.75. The van der Waals surface area contributed by atoms with Gasteiger partial charge in [0.2, 0.25) is 5.91 Å². The van der Waals surface area contributed by atoms with E-state index in [1.807, 2.05) is 65.5 Å². The van der Waals surface area contributed by atoms with Gasteiger partial charge < -0.3 is 10.0 Å². The Morgan fingerprint density at radius 2 is 1.94 bits per heavy atom. The number of hydrogen-bond donors (Lipinski definition) is 2. The molecule has 0 atom stereocenters. The van der Waals surface area contributed by atoms with Gasteiger partial charge in [0.15, 0.2) is 5.13 Å². The number of fused-ring (bicyclic) bond motifs is 3. The molecule has 10 heteroatoms. The van der Waals surface area contributed by atoms with E-state index in [4.69, 9.17) is 5.10 Å². The normalized spacial score (nSPS) is 12.0. The topological polar surface area (TPSA) is 97.6 Å². The van der Waals surface area contributed by atoms with Gasteiger partial charge in [0.25, 0.3) is 0 Å². The quantitative estimate of drug-likeness (QED) is 0.285. The number of benzene rings is 1. The summed E-state index contributed by atoms with van der Waals surface area (Å²) in [4.78, 5) is 26.0. The first kappa shape index (κ1) is 22.4. The molecule has 0 bridgehead atoms. The average Bonchev–Trinajstić information content (AvgIpc) is 3.49. The Kier molecular flexibility index (Phi) is 5.96. The second-order valence-electron chi connectivity index (χ2n) is 8.22. The first-order valence-electron chi connectivity index (χ1n) is 11.4. The van der Waals surface area contributed by atoms with Crippen LogP contribution in [0, 0.1) is 0 Å². The summed E-state index contributed by atoms with van der Waals surface area (Å²) in [6.07, 6.45) is 7.00. The molecule has 0 saturated heterocycles. The van der Waals surface area contributed by atoms with E-state index in [1.54, 1.807) is 12.4 Å². The summed E-state index contributed by atoms with van der Waals surface area (Å²) in [7, 11) is 0. The van der Waals surface area contributed by atoms with Gasteiger partial charge in [-0.2, -0.15) is 5.10 Å². The molecule has 4 aromatic heterocycles. The summed E-state index contributed by atoms with van der Waals surface area (Å²) in [6.45, 7) is 1.50. The van der Waals surface area contributed by atoms with E-state index < -0.39 is 0 Å². The number of anilines is 2. The van der Waals surface area contributed by atoms with Gasteiger partial charge >= 0.3 is 0 Å². The number of thiazole rings is 1. The van der Waals surface area contributed by atoms with E-state index in [2.05, 4.69) is 25.0 Å². The van der Waals surface area contributed by atoms with Gasteiger partial charge in [-0.25, -0.2) is 14.6 Å². The molecule has 2 N–H and O–H groups in total. The number of rotatable bonds is 6. The highest BCUT2D eigenvalue weighted by Crippen LogP contribution is 2.44. The molecule has 36 heavy (non-hydrogen) atoms. The van der Waals surface area contributed by atoms with Crippen molar-refractivity contribution in [1.29, 1.82) is 0 Å². The van der Waals surface area contributed by atoms with Gasteiger partial charge in [0, 0.05) is 54.3 Å². The van der Waals surface area contributed by atoms with Crippen LogP contribution < -0.4 is 10.0 Å². The first-order valence-corrected chi connectivity index (χ1v) is 13.0. The van der Waals surface area contributed by atoms with Crippen molar-refractivity contribution < 1.29 is 4.79 Å². The van der Waals surface area contributed by atoms with Crippen LogP contribution in [0.4, 0.5) is 10.8 Å². The zero-order valence-electron chi connectivity index (χ0n) is 19.3. The number of hydrogen-bond acceptors (Lipinski definition) is 8. The Labute approximate surface area is 216 Å². The Bertz CT molecular complexity index is 1530. The van der Waals surface area contributed by atoms with E-state index in [9.17, 15) is 4.79 Å². The molecule has 4 heterocycles. The lowest BCUT2D eigenvalue weighted by Gasteiger charge is -2.14. The minimum absolute atomic E-state index is 0.127. The molecule has 1 aromatic carbocycles. The van der Waals surface area contributed by atoms with Crippen molar-refractivity contribution in [2.45, 2.75) is 24.8 Å². The Hall–Kier alpha value is -4.02. The molecule has 1 aliphatic rings. The summed E-state index contributed by atoms with van der Waals surface area (Å²) in [5.41, 5.74) is 6.99. The zero-order chi connectivity index (χ0) is 24.5. The van der Waals surface area contributed by atoms with Gasteiger partial charge in [0.1, 0.15) is 5.03 Å². The van der Waals surface area contributed by atoms with Crippen LogP contribution in [-0.2, 0) is 17.6 Å². The van der Waals surface area contributed by atoms with E-state index in [-0.39, 0.29) is 5.91 Å². The number of nitrogens with zero attached hydrogens (tertiary/aromatic N) is 5. The number of aryl methyl sites for hydroxylation is 1. The standard InChI is InChI=1S/C26H21N7OS2/c1-16(34)29-26-30-21-12-11-20-23(17-5-4-13-27-15-17)31-33(24(20)25(21)35-26)19-9-7-18(8-10-19)32-36-22-6-2-3-14-28-22/h2-10,13-15,32H,11-12H2,1H3,(H,29,30,34). The van der Waals surface area contributed by atoms with Crippen LogP contribution in [0.15, 0.2) is 78.2 Å². The third-order valence-corrected chi connectivity index (χ3v) is 7.56. The van der Waals surface area contributed by atoms with Crippen molar-refractivity contribution in [3.05, 3.63) is 84.4 Å². The molecule has 1 amide bonds. The van der Waals surface area contributed by atoms with E-state index in [0.717, 1.165) is 56.8 Å². The van der Waals surface area contributed by atoms with Crippen LogP contribution in [0.2, 0.25) is 0 Å². The van der Waals surface area contributed by atoms with Crippen molar-refractivity contribution in [3.63, 3.8) is 0 Å². The van der Waals surface area contributed by atoms with Crippen molar-refractivity contribution in [2.24, 2.45) is 0 Å². The molecule has 178 valence electrons. The lowest BCUT2D eigenvalue weighted by Crippen LogP contribution is -2.07. The minimum Gasteiger partial charge on any atom is -0.324 e. The molecule has 0 spiro atoms. The number of carbonyl (C=O) groups excluding carboxylic acids is 1. The van der Waals surface area contributed by atoms with Gasteiger partial charge in [-0.3, -0.25) is 9.78 Å². The van der Waals surface area contributed by atoms with Crippen LogP contribution in [0.3, 0.4) is 0 Å². The van der Waals surface area contributed by atoms with Gasteiger partial charge in [-0.05, 0) is 61.4 Å². The maximum absolute atomic E-state index is 11.6. The smallest absolute Gasteiger partial charge is 0.223 e. The van der Waals surface area contributed by atoms with Crippen LogP contribution in [0.1, 0.15) is 18.2 Å². The predicted octanol–water partition coefficient (Wildman–Crippen LogP) is 5.63. The van der Waals surface area contributed by atoms with Crippen molar-refractivity contribution in [3.8, 4) is 27.5 Å². The van der Waals surface area contributed by atoms with Crippen LogP contribution in [0.5, 0.6) is 0 Å². The fourth-order valence-electron chi connectivity index (χ4n) is 4.19. The number of pyridine rings is 2. The monoisotopic (exact) mass is 511 g/mol. The van der Waals surface area contributed by atoms with Crippen molar-refractivity contribution in [1.82, 2.24) is 24.7 Å². The molecular formula is C26H21N7OS2. The largest absolute Gasteiger partial charge is 0.324 e. The van der Waals surface area contributed by atoms with Crippen LogP contribution >= 0.6 is 23.3 Å². The summed E-state index contributed by atoms with van der Waals surface area (Å²) in [5, 5.41) is 9.41. The Morgan fingerprint density at radius 1 is 1.06 bits per heavy atom. The number of aromatic nitrogens is 5. The second-order valence-corrected chi connectivity index (χ2v) is 10.0. The lowest BCUT2D eigenvalue weighted by molar-refractivity contribution is -0.114. The fourth-order valence-corrected chi connectivity index (χ4v) is 5.92. The second kappa shape index (κ2) is 9.56. The minimum atomic E-state index is -0.127. The summed E-state index contributed by atoms with van der Waals surface area (Å²) >= 11 is 2.96. The molecule has 0 radical (unpaired) electrons. The van der Waals surface area contributed by atoms with Crippen molar-refractivity contribution in [2.75, 3.05) is 10.0 Å². The average molecular weight is 512 g/mol. The van der Waals surface area contributed by atoms with Gasteiger partial charge in [-0.1, -0.05) is 17.4 Å². The summed E-state index contributed by atoms with van der Waals surface area (Å²) < 4.78 is 5.33. The lowest BCUT2D eigenvalue weighted by atomic mass is 9.95. The third kappa shape index (κ3) is 4.36. The summed E-state index contributed by atoms with van der Waals surface area (Å²) in [5.74, 6) is -0.127. The predicted molar refractivity (Wildman–Crippen MR) is 143 cm³/mol. The zero-order valence-corrected chi connectivity index (χ0v) is 20.9. The van der Waals surface area contributed by atoms with E-state index in [1.165, 1.54) is 35.8 Å². The molecule has 1 aliphatic carbocycles. The highest BCUT2D eigenvalue weighted by Gasteiger charge is 2.30. The highest BCUT2D eigenvalue weighted by molar-refractivity contribution is 8.00. The molecule has 0 aliphatic heterocycles. The highest BCUT2D eigenvalue weighted by atomic mass is 32.2. The fraction of sp³-hybridized carbons (Fsp3) is 0.115.